The van der Waals surface area contributed by atoms with E-state index in [2.05, 4.69) is 0 Å². The normalized spacial score (nSPS) is 8.75. The summed E-state index contributed by atoms with van der Waals surface area (Å²) in [7, 11) is 0.406. The Morgan fingerprint density at radius 3 is 3.25 bits per heavy atom. The van der Waals surface area contributed by atoms with Crippen molar-refractivity contribution < 1.29 is 29.5 Å². The van der Waals surface area contributed by atoms with E-state index in [1.54, 1.807) is 0 Å². The molecule has 0 atom stereocenters. The van der Waals surface area contributed by atoms with Crippen molar-refractivity contribution in [3.05, 3.63) is 0 Å². The van der Waals surface area contributed by atoms with Crippen molar-refractivity contribution >= 4 is 13.9 Å². The van der Waals surface area contributed by atoms with Crippen molar-refractivity contribution in [3.8, 4) is 0 Å². The molecule has 4 heavy (non-hydrogen) atoms. The van der Waals surface area contributed by atoms with Crippen LogP contribution in [0.3, 0.4) is 0 Å². The van der Waals surface area contributed by atoms with Crippen molar-refractivity contribution in [3.63, 3.8) is 0 Å². The molecule has 0 aromatic carbocycles. The molecule has 0 rings (SSSR count). The Kier molecular flexibility index (Phi) is 4.25. The molecule has 0 radical (unpaired) electrons. The molecule has 0 aromatic rings. The van der Waals surface area contributed by atoms with Crippen LogP contribution < -0.4 is 0 Å². The number of rotatable bonds is 0. The molecule has 0 amide bonds. The van der Waals surface area contributed by atoms with Crippen LogP contribution in [0.5, 0.6) is 0 Å². The third-order valence-corrected chi connectivity index (χ3v) is 2.12. The second kappa shape index (κ2) is 4.55. The Morgan fingerprint density at radius 2 is 3.25 bits per heavy atom. The van der Waals surface area contributed by atoms with Gasteiger partial charge < -0.3 is 0 Å². The fourth-order valence-corrected chi connectivity index (χ4v) is 0. The first-order valence-corrected chi connectivity index (χ1v) is 7.12. The molecule has 0 heterocycles. The van der Waals surface area contributed by atoms with Gasteiger partial charge in [-0.1, -0.05) is 0 Å². The second-order valence-corrected chi connectivity index (χ2v) is 7.19. The Balaban J connectivity index is 3.26. The van der Waals surface area contributed by atoms with Gasteiger partial charge in [-0.3, -0.25) is 0 Å². The van der Waals surface area contributed by atoms with Gasteiger partial charge in [0.1, 0.15) is 0 Å². The summed E-state index contributed by atoms with van der Waals surface area (Å²) >= 11 is -1.71. The van der Waals surface area contributed by atoms with Crippen molar-refractivity contribution in [1.82, 2.24) is 0 Å². The third kappa shape index (κ3) is 3.55. The maximum atomic E-state index is 11.0. The van der Waals surface area contributed by atoms with Gasteiger partial charge in [-0.15, -0.1) is 0 Å². The monoisotopic (exact) mass is 173 g/mol. The van der Waals surface area contributed by atoms with Crippen molar-refractivity contribution in [2.75, 3.05) is 0 Å². The SMILES string of the molecule is [2H]P=[S]=[Y][F]. The second-order valence-electron chi connectivity index (χ2n) is 0.194. The summed E-state index contributed by atoms with van der Waals surface area (Å²) in [6.45, 7) is 0. The molecule has 0 N–H and O–H groups in total. The van der Waals surface area contributed by atoms with Gasteiger partial charge in [-0.25, -0.2) is 0 Å². The zero-order chi connectivity index (χ0) is 4.12. The van der Waals surface area contributed by atoms with Gasteiger partial charge >= 0.3 is 44.7 Å². The van der Waals surface area contributed by atoms with Crippen LogP contribution in [0.4, 0.5) is 1.92 Å². The van der Waals surface area contributed by atoms with Crippen molar-refractivity contribution in [1.29, 1.82) is 1.28 Å². The van der Waals surface area contributed by atoms with Gasteiger partial charge in [-0.2, -0.15) is 0 Å². The minimum atomic E-state index is -1.71. The van der Waals surface area contributed by atoms with Gasteiger partial charge in [-0.05, 0) is 0 Å². The molecule has 0 aliphatic rings. The van der Waals surface area contributed by atoms with Crippen molar-refractivity contribution in [2.45, 2.75) is 0 Å². The molecule has 0 bridgehead atoms. The molecule has 0 nitrogen and oxygen atoms in total. The predicted molar refractivity (Wildman–Crippen MR) is 16.8 cm³/mol. The van der Waals surface area contributed by atoms with Gasteiger partial charge in [0.25, 0.3) is 0 Å². The van der Waals surface area contributed by atoms with Gasteiger partial charge in [0.05, 0.1) is 0 Å². The molecular weight excluding hydrogens is 171 g/mol. The summed E-state index contributed by atoms with van der Waals surface area (Å²) < 4.78 is 17.4. The quantitative estimate of drug-likeness (QED) is 0.479. The zero-order valence-corrected chi connectivity index (χ0v) is 6.36. The van der Waals surface area contributed by atoms with Crippen LogP contribution in [-0.4, -0.2) is 1.28 Å². The van der Waals surface area contributed by atoms with Crippen LogP contribution in [0.2, 0.25) is 0 Å². The van der Waals surface area contributed by atoms with E-state index in [1.807, 2.05) is 0 Å². The molecule has 0 unspecified atom stereocenters. The molecule has 4 heteroatoms. The van der Waals surface area contributed by atoms with E-state index >= 15 is 0 Å². The van der Waals surface area contributed by atoms with Gasteiger partial charge in [0.15, 0.2) is 0 Å². The maximum absolute atomic E-state index is 11.0. The zero-order valence-electron chi connectivity index (χ0n) is 2.81. The molecule has 0 spiro atoms. The minimum absolute atomic E-state index is 0.406. The molecule has 22 valence electrons. The molecule has 0 aliphatic carbocycles. The number of halogens is 1. The molecule has 0 fully saturated rings. The Morgan fingerprint density at radius 1 is 2.50 bits per heavy atom. The van der Waals surface area contributed by atoms with E-state index in [0.29, 0.717) is 7.96 Å². The van der Waals surface area contributed by atoms with E-state index in [0.717, 1.165) is 5.91 Å². The van der Waals surface area contributed by atoms with Crippen LogP contribution in [-0.2, 0) is 33.5 Å². The first kappa shape index (κ1) is 3.73. The summed E-state index contributed by atoms with van der Waals surface area (Å²) in [5.74, 6) is 1.13. The van der Waals surface area contributed by atoms with Gasteiger partial charge in [0, 0.05) is 0 Å². The van der Waals surface area contributed by atoms with Crippen molar-refractivity contribution in [2.24, 2.45) is 0 Å². The summed E-state index contributed by atoms with van der Waals surface area (Å²) in [6, 6.07) is 0. The Labute approximate surface area is 44.4 Å². The summed E-state index contributed by atoms with van der Waals surface area (Å²) in [4.78, 5) is 0. The average molecular weight is 173 g/mol. The average Bonchev–Trinajstić information content (AvgIpc) is 1.41. The summed E-state index contributed by atoms with van der Waals surface area (Å²) in [5, 5.41) is 0. The molecular formula is HFPSY. The third-order valence-electron chi connectivity index (χ3n) is 0.0398. The van der Waals surface area contributed by atoms with Crippen LogP contribution in [0, 0.1) is 0 Å². The first-order valence-electron chi connectivity index (χ1n) is 1.08. The van der Waals surface area contributed by atoms with Gasteiger partial charge in [0.2, 0.25) is 0 Å². The van der Waals surface area contributed by atoms with E-state index in [-0.39, 0.29) is 0 Å². The van der Waals surface area contributed by atoms with E-state index in [9.17, 15) is 1.92 Å². The van der Waals surface area contributed by atoms with Crippen LogP contribution in [0.15, 0.2) is 0 Å². The summed E-state index contributed by atoms with van der Waals surface area (Å²) in [6.07, 6.45) is 0. The molecule has 0 aliphatic heterocycles. The Bertz CT molecular complexity index is 60.0. The predicted octanol–water partition coefficient (Wildman–Crippen LogP) is 1.01. The number of hydrogen-bond donors (Lipinski definition) is 0. The number of hydrogen-bond acceptors (Lipinski definition) is 0. The first-order chi connectivity index (χ1) is 2.41. The molecule has 0 saturated heterocycles. The molecule has 0 saturated carbocycles. The topological polar surface area (TPSA) is 0 Å². The van der Waals surface area contributed by atoms with E-state index in [4.69, 9.17) is 1.28 Å². The summed E-state index contributed by atoms with van der Waals surface area (Å²) in [5.41, 5.74) is 0. The molecule has 0 aromatic heterocycles. The fraction of sp³-hybridized carbons (Fsp3) is 0. The van der Waals surface area contributed by atoms with E-state index in [1.165, 1.54) is 0 Å². The van der Waals surface area contributed by atoms with Crippen LogP contribution in [0.1, 0.15) is 0 Å². The van der Waals surface area contributed by atoms with Crippen LogP contribution >= 0.6 is 7.96 Å². The van der Waals surface area contributed by atoms with E-state index < -0.39 is 27.6 Å². The van der Waals surface area contributed by atoms with Crippen LogP contribution in [0.25, 0.3) is 0 Å². The standard InChI is InChI=1S/FH.HPS.Y/c;1-2;/h1H;1H;/q;;+1/p-1/i;1D;. The fourth-order valence-electron chi connectivity index (χ4n) is 0. The Hall–Kier alpha value is 1.55.